The van der Waals surface area contributed by atoms with E-state index in [2.05, 4.69) is 4.98 Å². The average Bonchev–Trinajstić information content (AvgIpc) is 3.51. The fourth-order valence-corrected chi connectivity index (χ4v) is 6.20. The van der Waals surface area contributed by atoms with Crippen LogP contribution in [0.15, 0.2) is 59.7 Å². The van der Waals surface area contributed by atoms with Crippen molar-refractivity contribution < 1.29 is 14.3 Å². The highest BCUT2D eigenvalue weighted by atomic mass is 32.1. The van der Waals surface area contributed by atoms with Crippen LogP contribution in [-0.4, -0.2) is 40.1 Å². The first kappa shape index (κ1) is 21.9. The molecule has 7 nitrogen and oxygen atoms in total. The maximum Gasteiger partial charge on any atom is 0.262 e. The number of fused-ring (bicyclic) bond motifs is 2. The zero-order valence-electron chi connectivity index (χ0n) is 19.4. The largest absolute Gasteiger partial charge is 0.486 e. The number of thiophene rings is 1. The lowest BCUT2D eigenvalue weighted by molar-refractivity contribution is -0.132. The molecule has 2 aliphatic rings. The van der Waals surface area contributed by atoms with Gasteiger partial charge in [0.2, 0.25) is 5.91 Å². The number of aromatic nitrogens is 2. The molecule has 178 valence electrons. The summed E-state index contributed by atoms with van der Waals surface area (Å²) >= 11 is 1.51. The van der Waals surface area contributed by atoms with Crippen molar-refractivity contribution in [3.63, 3.8) is 0 Å². The molecule has 2 aliphatic heterocycles. The van der Waals surface area contributed by atoms with E-state index in [1.54, 1.807) is 0 Å². The van der Waals surface area contributed by atoms with Crippen LogP contribution in [0, 0.1) is 6.92 Å². The van der Waals surface area contributed by atoms with Crippen LogP contribution in [-0.2, 0) is 11.3 Å². The molecule has 6 rings (SSSR count). The second-order valence-corrected chi connectivity index (χ2v) is 9.93. The van der Waals surface area contributed by atoms with Crippen molar-refractivity contribution in [3.8, 4) is 21.9 Å². The monoisotopic (exact) mass is 487 g/mol. The third kappa shape index (κ3) is 3.87. The smallest absolute Gasteiger partial charge is 0.262 e. The van der Waals surface area contributed by atoms with Gasteiger partial charge in [0.1, 0.15) is 24.6 Å². The van der Waals surface area contributed by atoms with Crippen LogP contribution in [0.2, 0.25) is 0 Å². The van der Waals surface area contributed by atoms with E-state index in [-0.39, 0.29) is 24.1 Å². The van der Waals surface area contributed by atoms with E-state index in [0.717, 1.165) is 45.9 Å². The Kier molecular flexibility index (Phi) is 5.53. The van der Waals surface area contributed by atoms with Crippen molar-refractivity contribution in [2.45, 2.75) is 32.4 Å². The molecule has 8 heteroatoms. The summed E-state index contributed by atoms with van der Waals surface area (Å²) in [4.78, 5) is 34.9. The van der Waals surface area contributed by atoms with Crippen LogP contribution in [0.25, 0.3) is 20.7 Å². The molecule has 0 N–H and O–H groups in total. The van der Waals surface area contributed by atoms with Crippen molar-refractivity contribution in [2.24, 2.45) is 0 Å². The first-order valence-electron chi connectivity index (χ1n) is 11.8. The molecule has 0 aliphatic carbocycles. The summed E-state index contributed by atoms with van der Waals surface area (Å²) in [6.07, 6.45) is 3.30. The summed E-state index contributed by atoms with van der Waals surface area (Å²) in [5.41, 5.74) is 2.83. The lowest BCUT2D eigenvalue weighted by Crippen LogP contribution is -2.36. The number of nitrogens with zero attached hydrogens (tertiary/aromatic N) is 3. The van der Waals surface area contributed by atoms with E-state index in [4.69, 9.17) is 9.47 Å². The molecule has 0 unspecified atom stereocenters. The third-order valence-corrected chi connectivity index (χ3v) is 8.03. The van der Waals surface area contributed by atoms with E-state index in [1.807, 2.05) is 60.4 Å². The van der Waals surface area contributed by atoms with Crippen LogP contribution >= 0.6 is 11.3 Å². The molecule has 0 radical (unpaired) electrons. The summed E-state index contributed by atoms with van der Waals surface area (Å²) in [5.74, 6) is 1.38. The number of carbonyl (C=O) groups excluding carboxylic acids is 1. The minimum Gasteiger partial charge on any atom is -0.486 e. The number of amides is 1. The van der Waals surface area contributed by atoms with Gasteiger partial charge in [0.05, 0.1) is 17.8 Å². The second-order valence-electron chi connectivity index (χ2n) is 8.93. The van der Waals surface area contributed by atoms with Gasteiger partial charge in [-0.2, -0.15) is 0 Å². The molecule has 1 amide bonds. The predicted octanol–water partition coefficient (Wildman–Crippen LogP) is 4.57. The Morgan fingerprint density at radius 3 is 2.74 bits per heavy atom. The van der Waals surface area contributed by atoms with Crippen LogP contribution < -0.4 is 15.0 Å². The number of rotatable bonds is 4. The van der Waals surface area contributed by atoms with E-state index in [9.17, 15) is 9.59 Å². The Hall–Kier alpha value is -3.65. The van der Waals surface area contributed by atoms with Crippen LogP contribution in [0.5, 0.6) is 11.5 Å². The Balaban J connectivity index is 1.28. The van der Waals surface area contributed by atoms with Gasteiger partial charge in [-0.25, -0.2) is 4.98 Å². The lowest BCUT2D eigenvalue weighted by Gasteiger charge is -2.27. The quantitative estimate of drug-likeness (QED) is 0.422. The van der Waals surface area contributed by atoms with Gasteiger partial charge in [-0.15, -0.1) is 11.3 Å². The number of benzene rings is 2. The third-order valence-electron chi connectivity index (χ3n) is 6.78. The van der Waals surface area contributed by atoms with Crippen molar-refractivity contribution in [2.75, 3.05) is 19.8 Å². The molecule has 0 bridgehead atoms. The average molecular weight is 488 g/mol. The normalized spacial score (nSPS) is 17.2. The van der Waals surface area contributed by atoms with E-state index in [0.29, 0.717) is 30.0 Å². The van der Waals surface area contributed by atoms with Gasteiger partial charge in [0, 0.05) is 11.4 Å². The van der Waals surface area contributed by atoms with Crippen molar-refractivity contribution in [1.29, 1.82) is 0 Å². The van der Waals surface area contributed by atoms with Gasteiger partial charge in [0.15, 0.2) is 11.5 Å². The Morgan fingerprint density at radius 2 is 1.91 bits per heavy atom. The SMILES string of the molecule is Cc1c(-c2ccccc2)sc2ncn(CC(=O)N3CCC[C@H]3c3ccc4c(c3)OCCO4)c(=O)c12. The Labute approximate surface area is 206 Å². The van der Waals surface area contributed by atoms with Crippen molar-refractivity contribution >= 4 is 27.5 Å². The van der Waals surface area contributed by atoms with E-state index < -0.39 is 0 Å². The summed E-state index contributed by atoms with van der Waals surface area (Å²) < 4.78 is 12.8. The second kappa shape index (κ2) is 8.85. The molecule has 1 fully saturated rings. The molecule has 0 saturated carbocycles. The van der Waals surface area contributed by atoms with Gasteiger partial charge >= 0.3 is 0 Å². The zero-order chi connectivity index (χ0) is 23.9. The van der Waals surface area contributed by atoms with E-state index in [1.165, 1.54) is 22.2 Å². The summed E-state index contributed by atoms with van der Waals surface area (Å²) in [6.45, 7) is 3.66. The topological polar surface area (TPSA) is 73.7 Å². The highest BCUT2D eigenvalue weighted by Gasteiger charge is 2.31. The van der Waals surface area contributed by atoms with Crippen LogP contribution in [0.4, 0.5) is 0 Å². The number of hydrogen-bond donors (Lipinski definition) is 0. The first-order valence-corrected chi connectivity index (χ1v) is 12.6. The van der Waals surface area contributed by atoms with Crippen LogP contribution in [0.3, 0.4) is 0 Å². The summed E-state index contributed by atoms with van der Waals surface area (Å²) in [7, 11) is 0. The predicted molar refractivity (Wildman–Crippen MR) is 135 cm³/mol. The maximum absolute atomic E-state index is 13.4. The number of likely N-dealkylation sites (tertiary alicyclic amines) is 1. The molecule has 4 heterocycles. The molecule has 1 atom stereocenters. The molecule has 0 spiro atoms. The van der Waals surface area contributed by atoms with Gasteiger partial charge in [0.25, 0.3) is 5.56 Å². The summed E-state index contributed by atoms with van der Waals surface area (Å²) in [6, 6.07) is 15.9. The molecule has 4 aromatic rings. The Bertz CT molecular complexity index is 1480. The summed E-state index contributed by atoms with van der Waals surface area (Å²) in [5, 5.41) is 0.592. The first-order chi connectivity index (χ1) is 17.1. The number of aryl methyl sites for hydroxylation is 1. The standard InChI is InChI=1S/C27H25N3O4S/c1-17-24-26(35-25(17)18-6-3-2-4-7-18)28-16-29(27(24)32)15-23(31)30-11-5-8-20(30)19-9-10-21-22(14-19)34-13-12-33-21/h2-4,6-7,9-10,14,16,20H,5,8,11-13,15H2,1H3/t20-/m0/s1. The zero-order valence-corrected chi connectivity index (χ0v) is 20.2. The lowest BCUT2D eigenvalue weighted by atomic mass is 10.0. The maximum atomic E-state index is 13.4. The molecule has 2 aromatic heterocycles. The molecule has 2 aromatic carbocycles. The molecular formula is C27H25N3O4S. The molecular weight excluding hydrogens is 462 g/mol. The molecule has 1 saturated heterocycles. The number of ether oxygens (including phenoxy) is 2. The van der Waals surface area contributed by atoms with E-state index >= 15 is 0 Å². The van der Waals surface area contributed by atoms with Crippen molar-refractivity contribution in [3.05, 3.63) is 76.3 Å². The fourth-order valence-electron chi connectivity index (χ4n) is 5.05. The van der Waals surface area contributed by atoms with Crippen molar-refractivity contribution in [1.82, 2.24) is 14.5 Å². The van der Waals surface area contributed by atoms with Crippen LogP contribution in [0.1, 0.15) is 30.0 Å². The highest BCUT2D eigenvalue weighted by molar-refractivity contribution is 7.22. The fraction of sp³-hybridized carbons (Fsp3) is 0.296. The highest BCUT2D eigenvalue weighted by Crippen LogP contribution is 2.38. The van der Waals surface area contributed by atoms with Gasteiger partial charge in [-0.3, -0.25) is 14.2 Å². The van der Waals surface area contributed by atoms with Gasteiger partial charge in [-0.1, -0.05) is 36.4 Å². The minimum atomic E-state index is -0.172. The minimum absolute atomic E-state index is 0.0290. The number of hydrogen-bond acceptors (Lipinski definition) is 6. The van der Waals surface area contributed by atoms with Gasteiger partial charge < -0.3 is 14.4 Å². The van der Waals surface area contributed by atoms with Gasteiger partial charge in [-0.05, 0) is 48.6 Å². The molecule has 35 heavy (non-hydrogen) atoms. The number of carbonyl (C=O) groups is 1. The Morgan fingerprint density at radius 1 is 1.11 bits per heavy atom.